The number of fused-ring (bicyclic) bond motifs is 3. The van der Waals surface area contributed by atoms with Gasteiger partial charge in [-0.2, -0.15) is 0 Å². The van der Waals surface area contributed by atoms with Crippen LogP contribution in [0.3, 0.4) is 0 Å². The molecule has 1 saturated heterocycles. The highest BCUT2D eigenvalue weighted by molar-refractivity contribution is 6.08. The smallest absolute Gasteiger partial charge is 0.336 e. The summed E-state index contributed by atoms with van der Waals surface area (Å²) in [5, 5.41) is 0. The molecule has 2 aliphatic heterocycles. The molecule has 4 rings (SSSR count). The lowest BCUT2D eigenvalue weighted by molar-refractivity contribution is -0.152. The predicted octanol–water partition coefficient (Wildman–Crippen LogP) is 2.84. The highest BCUT2D eigenvalue weighted by Crippen LogP contribution is 2.47. The van der Waals surface area contributed by atoms with Gasteiger partial charge >= 0.3 is 5.97 Å². The van der Waals surface area contributed by atoms with Crippen molar-refractivity contribution >= 4 is 17.8 Å². The molecule has 0 radical (unpaired) electrons. The molecule has 0 N–H and O–H groups in total. The lowest BCUT2D eigenvalue weighted by atomic mass is 9.94. The molecule has 2 amide bonds. The number of amides is 2. The number of ether oxygens (including phenoxy) is 2. The molecule has 3 aliphatic rings. The van der Waals surface area contributed by atoms with Crippen LogP contribution in [-0.2, 0) is 30.3 Å². The normalized spacial score (nSPS) is 27.1. The maximum atomic E-state index is 13.1. The number of carbonyl (C=O) groups excluding carboxylic acids is 3. The topological polar surface area (TPSA) is 72.9 Å². The first-order valence-corrected chi connectivity index (χ1v) is 9.56. The van der Waals surface area contributed by atoms with Gasteiger partial charge in [-0.1, -0.05) is 38.1 Å². The lowest BCUT2D eigenvalue weighted by Gasteiger charge is -2.22. The molecule has 6 nitrogen and oxygen atoms in total. The van der Waals surface area contributed by atoms with E-state index in [0.29, 0.717) is 24.0 Å². The Hall–Kier alpha value is -2.89. The van der Waals surface area contributed by atoms with Crippen LogP contribution >= 0.6 is 0 Å². The molecule has 0 saturated carbocycles. The molecule has 28 heavy (non-hydrogen) atoms. The summed E-state index contributed by atoms with van der Waals surface area (Å²) in [4.78, 5) is 38.9. The summed E-state index contributed by atoms with van der Waals surface area (Å²) in [6, 6.07) is 7.71. The van der Waals surface area contributed by atoms with E-state index in [-0.39, 0.29) is 29.7 Å². The molecule has 1 aromatic carbocycles. The summed E-state index contributed by atoms with van der Waals surface area (Å²) < 4.78 is 10.7. The number of imide groups is 1. The number of rotatable bonds is 4. The second kappa shape index (κ2) is 6.93. The van der Waals surface area contributed by atoms with Crippen molar-refractivity contribution in [2.45, 2.75) is 51.9 Å². The fourth-order valence-corrected chi connectivity index (χ4v) is 4.19. The van der Waals surface area contributed by atoms with Crippen LogP contribution in [0.4, 0.5) is 0 Å². The zero-order valence-electron chi connectivity index (χ0n) is 16.2. The van der Waals surface area contributed by atoms with E-state index in [1.54, 1.807) is 13.0 Å². The first-order valence-electron chi connectivity index (χ1n) is 9.56. The molecule has 0 bridgehead atoms. The number of hydrogen-bond acceptors (Lipinski definition) is 5. The van der Waals surface area contributed by atoms with Gasteiger partial charge in [0.1, 0.15) is 0 Å². The van der Waals surface area contributed by atoms with Crippen molar-refractivity contribution in [2.24, 2.45) is 5.92 Å². The Bertz CT molecular complexity index is 913. The number of nitrogens with zero attached hydrogens (tertiary/aromatic N) is 1. The van der Waals surface area contributed by atoms with E-state index in [4.69, 9.17) is 9.47 Å². The zero-order chi connectivity index (χ0) is 20.0. The van der Waals surface area contributed by atoms with Crippen molar-refractivity contribution in [1.29, 1.82) is 0 Å². The summed E-state index contributed by atoms with van der Waals surface area (Å²) in [5.74, 6) is -0.965. The average molecular weight is 381 g/mol. The number of hydrogen-bond donors (Lipinski definition) is 0. The van der Waals surface area contributed by atoms with Crippen LogP contribution < -0.4 is 0 Å². The molecule has 6 heteroatoms. The Kier molecular flexibility index (Phi) is 4.57. The molecular weight excluding hydrogens is 358 g/mol. The number of esters is 1. The van der Waals surface area contributed by atoms with Gasteiger partial charge in [0.2, 0.25) is 5.91 Å². The summed E-state index contributed by atoms with van der Waals surface area (Å²) in [5.41, 5.74) is 3.09. The first kappa shape index (κ1) is 18.5. The molecule has 3 atom stereocenters. The van der Waals surface area contributed by atoms with Gasteiger partial charge in [0.25, 0.3) is 12.2 Å². The van der Waals surface area contributed by atoms with Gasteiger partial charge in [0.15, 0.2) is 0 Å². The molecule has 2 heterocycles. The SMILES string of the molecule is CC1=CC(O/C=C2/C(=O)N(C(=O)CC(C)C)C3Cc4ccccc4C23)OC1=O. The Morgan fingerprint density at radius 2 is 2.07 bits per heavy atom. The van der Waals surface area contributed by atoms with Crippen molar-refractivity contribution in [3.05, 3.63) is 58.9 Å². The average Bonchev–Trinajstić information content (AvgIpc) is 3.23. The van der Waals surface area contributed by atoms with Crippen LogP contribution in [0.25, 0.3) is 0 Å². The van der Waals surface area contributed by atoms with E-state index < -0.39 is 12.3 Å². The van der Waals surface area contributed by atoms with Gasteiger partial charge in [-0.15, -0.1) is 0 Å². The maximum absolute atomic E-state index is 13.1. The van der Waals surface area contributed by atoms with Crippen LogP contribution in [0.2, 0.25) is 0 Å². The number of benzene rings is 1. The highest BCUT2D eigenvalue weighted by Gasteiger charge is 2.51. The Labute approximate surface area is 163 Å². The standard InChI is InChI=1S/C22H23NO5/c1-12(2)8-18(24)23-17-10-14-6-4-5-7-15(14)20(17)16(21(23)25)11-27-19-9-13(3)22(26)28-19/h4-7,9,11-12,17,19-20H,8,10H2,1-3H3/b16-11+. The van der Waals surface area contributed by atoms with Gasteiger partial charge in [0, 0.05) is 24.0 Å². The summed E-state index contributed by atoms with van der Waals surface area (Å²) in [7, 11) is 0. The minimum atomic E-state index is -0.844. The van der Waals surface area contributed by atoms with Gasteiger partial charge in [0.05, 0.1) is 17.9 Å². The molecule has 1 aromatic rings. The van der Waals surface area contributed by atoms with E-state index in [1.165, 1.54) is 11.2 Å². The predicted molar refractivity (Wildman–Crippen MR) is 101 cm³/mol. The molecule has 0 spiro atoms. The van der Waals surface area contributed by atoms with Crippen LogP contribution in [0.5, 0.6) is 0 Å². The van der Waals surface area contributed by atoms with Gasteiger partial charge in [-0.05, 0) is 30.4 Å². The Morgan fingerprint density at radius 1 is 1.32 bits per heavy atom. The fraction of sp³-hybridized carbons (Fsp3) is 0.409. The Morgan fingerprint density at radius 3 is 2.75 bits per heavy atom. The third kappa shape index (κ3) is 3.03. The van der Waals surface area contributed by atoms with Crippen LogP contribution in [0.1, 0.15) is 44.2 Å². The molecule has 1 fully saturated rings. The molecular formula is C22H23NO5. The second-order valence-corrected chi connectivity index (χ2v) is 7.95. The van der Waals surface area contributed by atoms with Gasteiger partial charge in [-0.3, -0.25) is 14.5 Å². The summed E-state index contributed by atoms with van der Waals surface area (Å²) in [6.45, 7) is 5.57. The quantitative estimate of drug-likeness (QED) is 0.456. The van der Waals surface area contributed by atoms with E-state index in [1.807, 2.05) is 38.1 Å². The highest BCUT2D eigenvalue weighted by atomic mass is 16.7. The largest absolute Gasteiger partial charge is 0.458 e. The second-order valence-electron chi connectivity index (χ2n) is 7.95. The van der Waals surface area contributed by atoms with E-state index in [2.05, 4.69) is 0 Å². The van der Waals surface area contributed by atoms with Crippen LogP contribution in [-0.4, -0.2) is 35.0 Å². The van der Waals surface area contributed by atoms with E-state index >= 15 is 0 Å². The van der Waals surface area contributed by atoms with Crippen molar-refractivity contribution in [2.75, 3.05) is 0 Å². The van der Waals surface area contributed by atoms with Crippen molar-refractivity contribution in [1.82, 2.24) is 4.90 Å². The van der Waals surface area contributed by atoms with Crippen molar-refractivity contribution < 1.29 is 23.9 Å². The number of carbonyl (C=O) groups is 3. The maximum Gasteiger partial charge on any atom is 0.336 e. The van der Waals surface area contributed by atoms with E-state index in [0.717, 1.165) is 11.1 Å². The number of likely N-dealkylation sites (tertiary alicyclic amines) is 1. The van der Waals surface area contributed by atoms with Crippen molar-refractivity contribution in [3.63, 3.8) is 0 Å². The van der Waals surface area contributed by atoms with E-state index in [9.17, 15) is 14.4 Å². The van der Waals surface area contributed by atoms with Crippen molar-refractivity contribution in [3.8, 4) is 0 Å². The van der Waals surface area contributed by atoms with Gasteiger partial charge in [-0.25, -0.2) is 4.79 Å². The summed E-state index contributed by atoms with van der Waals surface area (Å²) >= 11 is 0. The monoisotopic (exact) mass is 381 g/mol. The third-order valence-corrected chi connectivity index (χ3v) is 5.45. The summed E-state index contributed by atoms with van der Waals surface area (Å²) in [6.07, 6.45) is 3.06. The van der Waals surface area contributed by atoms with Crippen LogP contribution in [0, 0.1) is 5.92 Å². The molecule has 1 aliphatic carbocycles. The zero-order valence-corrected chi connectivity index (χ0v) is 16.2. The lowest BCUT2D eigenvalue weighted by Crippen LogP contribution is -2.40. The molecule has 146 valence electrons. The van der Waals surface area contributed by atoms with Crippen LogP contribution in [0.15, 0.2) is 47.7 Å². The molecule has 0 aromatic heterocycles. The third-order valence-electron chi connectivity index (χ3n) is 5.45. The minimum Gasteiger partial charge on any atom is -0.458 e. The minimum absolute atomic E-state index is 0.158. The Balaban J connectivity index is 1.66. The number of cyclic esters (lactones) is 1. The van der Waals surface area contributed by atoms with Gasteiger partial charge < -0.3 is 9.47 Å². The first-order chi connectivity index (χ1) is 13.4. The molecule has 3 unspecified atom stereocenters. The fourth-order valence-electron chi connectivity index (χ4n) is 4.19.